The van der Waals surface area contributed by atoms with Gasteiger partial charge >= 0.3 is 0 Å². The maximum atomic E-state index is 13.0. The van der Waals surface area contributed by atoms with Crippen LogP contribution in [0.25, 0.3) is 10.6 Å². The van der Waals surface area contributed by atoms with E-state index in [9.17, 15) is 14.0 Å². The highest BCUT2D eigenvalue weighted by molar-refractivity contribution is 7.17. The van der Waals surface area contributed by atoms with E-state index in [-0.39, 0.29) is 5.82 Å². The van der Waals surface area contributed by atoms with Crippen molar-refractivity contribution in [2.45, 2.75) is 6.92 Å². The Balaban J connectivity index is 1.71. The number of carbonyl (C=O) groups is 2. The lowest BCUT2D eigenvalue weighted by Crippen LogP contribution is -2.41. The van der Waals surface area contributed by atoms with E-state index in [1.54, 1.807) is 37.4 Å². The Hall–Kier alpha value is -3.00. The molecule has 122 valence electrons. The van der Waals surface area contributed by atoms with Crippen LogP contribution in [0.3, 0.4) is 0 Å². The van der Waals surface area contributed by atoms with Crippen molar-refractivity contribution in [3.63, 3.8) is 0 Å². The number of nitrogens with one attached hydrogen (secondary N) is 3. The van der Waals surface area contributed by atoms with E-state index in [0.29, 0.717) is 21.3 Å². The van der Waals surface area contributed by atoms with Gasteiger partial charge in [-0.15, -0.1) is 11.3 Å². The van der Waals surface area contributed by atoms with Crippen LogP contribution in [0, 0.1) is 12.7 Å². The molecule has 0 saturated heterocycles. The van der Waals surface area contributed by atoms with E-state index in [4.69, 9.17) is 0 Å². The number of aromatic nitrogens is 2. The van der Waals surface area contributed by atoms with Crippen molar-refractivity contribution >= 4 is 23.2 Å². The van der Waals surface area contributed by atoms with Crippen molar-refractivity contribution in [1.82, 2.24) is 20.8 Å². The minimum Gasteiger partial charge on any atom is -0.357 e. The number of benzene rings is 1. The van der Waals surface area contributed by atoms with Crippen LogP contribution in [0.15, 0.2) is 42.6 Å². The van der Waals surface area contributed by atoms with Gasteiger partial charge in [-0.05, 0) is 43.3 Å². The molecule has 0 aliphatic rings. The molecule has 0 fully saturated rings. The van der Waals surface area contributed by atoms with Gasteiger partial charge in [0.1, 0.15) is 21.4 Å². The van der Waals surface area contributed by atoms with Crippen molar-refractivity contribution in [1.29, 1.82) is 0 Å². The number of amides is 2. The van der Waals surface area contributed by atoms with Crippen LogP contribution in [0.4, 0.5) is 4.39 Å². The van der Waals surface area contributed by atoms with Crippen molar-refractivity contribution in [2.24, 2.45) is 0 Å². The van der Waals surface area contributed by atoms with Gasteiger partial charge in [0.2, 0.25) is 0 Å². The first-order valence-electron chi connectivity index (χ1n) is 7.02. The summed E-state index contributed by atoms with van der Waals surface area (Å²) < 4.78 is 13.0. The van der Waals surface area contributed by atoms with E-state index in [1.165, 1.54) is 23.5 Å². The Morgan fingerprint density at radius 3 is 2.50 bits per heavy atom. The Bertz CT molecular complexity index is 872. The topological polar surface area (TPSA) is 86.9 Å². The number of aromatic amines is 1. The molecule has 2 heterocycles. The van der Waals surface area contributed by atoms with Crippen molar-refractivity contribution in [2.75, 3.05) is 0 Å². The minimum absolute atomic E-state index is 0.336. The number of aryl methyl sites for hydroxylation is 1. The molecule has 3 aromatic rings. The predicted octanol–water partition coefficient (Wildman–Crippen LogP) is 2.66. The quantitative estimate of drug-likeness (QED) is 0.639. The summed E-state index contributed by atoms with van der Waals surface area (Å²) in [6.45, 7) is 1.70. The highest BCUT2D eigenvalue weighted by Crippen LogP contribution is 2.27. The zero-order valence-electron chi connectivity index (χ0n) is 12.6. The molecule has 0 saturated carbocycles. The molecule has 0 aliphatic carbocycles. The van der Waals surface area contributed by atoms with Gasteiger partial charge in [0, 0.05) is 11.8 Å². The van der Waals surface area contributed by atoms with Gasteiger partial charge < -0.3 is 4.98 Å². The Morgan fingerprint density at radius 1 is 1.12 bits per heavy atom. The molecule has 3 N–H and O–H groups in total. The number of hydrogen-bond acceptors (Lipinski definition) is 4. The fraction of sp³-hybridized carbons (Fsp3) is 0.0625. The van der Waals surface area contributed by atoms with Gasteiger partial charge in [0.05, 0.1) is 5.69 Å². The minimum atomic E-state index is -0.460. The SMILES string of the molecule is Cc1nc(-c2ccc(F)cc2)sc1C(=O)NNC(=O)c1ccc[nH]1. The highest BCUT2D eigenvalue weighted by Gasteiger charge is 2.17. The number of carbonyl (C=O) groups excluding carboxylic acids is 2. The molecule has 0 bridgehead atoms. The van der Waals surface area contributed by atoms with Gasteiger partial charge in [-0.1, -0.05) is 0 Å². The number of halogens is 1. The molecule has 0 aliphatic heterocycles. The van der Waals surface area contributed by atoms with Crippen LogP contribution in [-0.4, -0.2) is 21.8 Å². The van der Waals surface area contributed by atoms with Crippen LogP contribution in [-0.2, 0) is 0 Å². The monoisotopic (exact) mass is 344 g/mol. The molecule has 0 spiro atoms. The van der Waals surface area contributed by atoms with Crippen LogP contribution in [0.1, 0.15) is 25.9 Å². The van der Waals surface area contributed by atoms with E-state index in [0.717, 1.165) is 5.56 Å². The van der Waals surface area contributed by atoms with Crippen LogP contribution in [0.5, 0.6) is 0 Å². The molecule has 0 radical (unpaired) electrons. The first-order chi connectivity index (χ1) is 11.5. The first kappa shape index (κ1) is 15.9. The standard InChI is InChI=1S/C16H13FN4O2S/c1-9-13(15(23)21-20-14(22)12-3-2-8-18-12)24-16(19-9)10-4-6-11(17)7-5-10/h2-8,18H,1H3,(H,20,22)(H,21,23). The fourth-order valence-corrected chi connectivity index (χ4v) is 3.00. The third-order valence-corrected chi connectivity index (χ3v) is 4.43. The van der Waals surface area contributed by atoms with E-state index < -0.39 is 11.8 Å². The molecule has 0 unspecified atom stereocenters. The fourth-order valence-electron chi connectivity index (χ4n) is 2.03. The number of nitrogens with zero attached hydrogens (tertiary/aromatic N) is 1. The van der Waals surface area contributed by atoms with Crippen LogP contribution >= 0.6 is 11.3 Å². The van der Waals surface area contributed by atoms with Gasteiger partial charge in [-0.3, -0.25) is 20.4 Å². The summed E-state index contributed by atoms with van der Waals surface area (Å²) in [5.41, 5.74) is 6.27. The zero-order valence-corrected chi connectivity index (χ0v) is 13.4. The largest absolute Gasteiger partial charge is 0.357 e. The lowest BCUT2D eigenvalue weighted by molar-refractivity contribution is 0.0846. The van der Waals surface area contributed by atoms with Crippen molar-refractivity contribution in [3.8, 4) is 10.6 Å². The summed E-state index contributed by atoms with van der Waals surface area (Å²) in [4.78, 5) is 31.4. The molecule has 2 amide bonds. The second-order valence-corrected chi connectivity index (χ2v) is 5.93. The second-order valence-electron chi connectivity index (χ2n) is 4.93. The second kappa shape index (κ2) is 6.63. The van der Waals surface area contributed by atoms with Crippen molar-refractivity contribution < 1.29 is 14.0 Å². The third-order valence-electron chi connectivity index (χ3n) is 3.23. The average molecular weight is 344 g/mol. The number of hydrogen-bond donors (Lipinski definition) is 3. The lowest BCUT2D eigenvalue weighted by atomic mass is 10.2. The molecular weight excluding hydrogens is 331 g/mol. The normalized spacial score (nSPS) is 10.4. The van der Waals surface area contributed by atoms with Crippen molar-refractivity contribution in [3.05, 3.63) is 64.7 Å². The molecule has 2 aromatic heterocycles. The molecule has 0 atom stereocenters. The molecular formula is C16H13FN4O2S. The molecule has 1 aromatic carbocycles. The number of rotatable bonds is 3. The maximum absolute atomic E-state index is 13.0. The number of H-pyrrole nitrogens is 1. The lowest BCUT2D eigenvalue weighted by Gasteiger charge is -2.05. The zero-order chi connectivity index (χ0) is 17.1. The number of thiazole rings is 1. The van der Waals surface area contributed by atoms with Crippen LogP contribution < -0.4 is 10.9 Å². The van der Waals surface area contributed by atoms with Gasteiger partial charge in [-0.2, -0.15) is 0 Å². The number of hydrazine groups is 1. The molecule has 8 heteroatoms. The summed E-state index contributed by atoms with van der Waals surface area (Å²) in [5, 5.41) is 0.605. The Labute approximate surface area is 140 Å². The average Bonchev–Trinajstić information content (AvgIpc) is 3.23. The summed E-state index contributed by atoms with van der Waals surface area (Å²) in [6.07, 6.45) is 1.61. The van der Waals surface area contributed by atoms with Gasteiger partial charge in [-0.25, -0.2) is 9.37 Å². The van der Waals surface area contributed by atoms with E-state index in [1.807, 2.05) is 0 Å². The Kier molecular flexibility index (Phi) is 4.39. The summed E-state index contributed by atoms with van der Waals surface area (Å²) >= 11 is 1.17. The van der Waals surface area contributed by atoms with E-state index >= 15 is 0 Å². The smallest absolute Gasteiger partial charge is 0.286 e. The van der Waals surface area contributed by atoms with E-state index in [2.05, 4.69) is 20.8 Å². The molecule has 24 heavy (non-hydrogen) atoms. The first-order valence-corrected chi connectivity index (χ1v) is 7.83. The summed E-state index contributed by atoms with van der Waals surface area (Å²) in [7, 11) is 0. The summed E-state index contributed by atoms with van der Waals surface area (Å²) in [5.74, 6) is -1.25. The predicted molar refractivity (Wildman–Crippen MR) is 88.0 cm³/mol. The Morgan fingerprint density at radius 2 is 1.83 bits per heavy atom. The summed E-state index contributed by atoms with van der Waals surface area (Å²) in [6, 6.07) is 9.14. The van der Waals surface area contributed by atoms with Gasteiger partial charge in [0.15, 0.2) is 0 Å². The maximum Gasteiger partial charge on any atom is 0.286 e. The molecule has 3 rings (SSSR count). The van der Waals surface area contributed by atoms with Crippen LogP contribution in [0.2, 0.25) is 0 Å². The van der Waals surface area contributed by atoms with Gasteiger partial charge in [0.25, 0.3) is 11.8 Å². The molecule has 6 nitrogen and oxygen atoms in total. The highest BCUT2D eigenvalue weighted by atomic mass is 32.1. The third kappa shape index (κ3) is 3.33.